The zero-order valence-electron chi connectivity index (χ0n) is 13.5. The summed E-state index contributed by atoms with van der Waals surface area (Å²) in [4.78, 5) is 17.9. The Morgan fingerprint density at radius 1 is 1.36 bits per heavy atom. The van der Waals surface area contributed by atoms with Gasteiger partial charge in [0.15, 0.2) is 0 Å². The summed E-state index contributed by atoms with van der Waals surface area (Å²) < 4.78 is 29.0. The van der Waals surface area contributed by atoms with Crippen LogP contribution >= 0.6 is 0 Å². The highest BCUT2D eigenvalue weighted by Gasteiger charge is 2.34. The van der Waals surface area contributed by atoms with Crippen molar-refractivity contribution in [2.45, 2.75) is 23.8 Å². The molecule has 3 heterocycles. The van der Waals surface area contributed by atoms with Gasteiger partial charge in [-0.1, -0.05) is 0 Å². The van der Waals surface area contributed by atoms with Gasteiger partial charge in [-0.25, -0.2) is 13.4 Å². The number of aryl methyl sites for hydroxylation is 1. The zero-order chi connectivity index (χ0) is 18.0. The van der Waals surface area contributed by atoms with Crippen molar-refractivity contribution in [3.05, 3.63) is 36.3 Å². The first-order valence-electron chi connectivity index (χ1n) is 7.60. The minimum Gasteiger partial charge on any atom is -0.296 e. The van der Waals surface area contributed by atoms with Crippen LogP contribution in [0.2, 0.25) is 0 Å². The molecule has 1 N–H and O–H groups in total. The van der Waals surface area contributed by atoms with Crippen LogP contribution in [0.1, 0.15) is 18.5 Å². The van der Waals surface area contributed by atoms with E-state index >= 15 is 0 Å². The van der Waals surface area contributed by atoms with Gasteiger partial charge in [-0.2, -0.15) is 15.1 Å². The van der Waals surface area contributed by atoms with E-state index in [-0.39, 0.29) is 16.5 Å². The monoisotopic (exact) mass is 360 g/mol. The molecule has 25 heavy (non-hydrogen) atoms. The van der Waals surface area contributed by atoms with Crippen molar-refractivity contribution in [3.8, 4) is 6.07 Å². The first-order chi connectivity index (χ1) is 11.9. The van der Waals surface area contributed by atoms with Crippen LogP contribution in [0.3, 0.4) is 0 Å². The van der Waals surface area contributed by atoms with Crippen molar-refractivity contribution in [2.24, 2.45) is 7.05 Å². The van der Waals surface area contributed by atoms with Crippen LogP contribution in [0.15, 0.2) is 35.5 Å². The Bertz CT molecular complexity index is 929. The molecule has 1 amide bonds. The molecule has 1 saturated heterocycles. The highest BCUT2D eigenvalue weighted by Crippen LogP contribution is 2.21. The van der Waals surface area contributed by atoms with Gasteiger partial charge < -0.3 is 0 Å². The fourth-order valence-corrected chi connectivity index (χ4v) is 3.87. The molecule has 10 heteroatoms. The van der Waals surface area contributed by atoms with Crippen LogP contribution in [0.4, 0.5) is 5.82 Å². The molecule has 1 aliphatic rings. The second-order valence-electron chi connectivity index (χ2n) is 5.61. The number of aromatic nitrogens is 3. The van der Waals surface area contributed by atoms with E-state index in [1.807, 2.05) is 6.07 Å². The lowest BCUT2D eigenvalue weighted by atomic mass is 10.1. The predicted octanol–water partition coefficient (Wildman–Crippen LogP) is 0.161. The van der Waals surface area contributed by atoms with Crippen LogP contribution in [0, 0.1) is 11.3 Å². The summed E-state index contributed by atoms with van der Waals surface area (Å²) in [6.07, 6.45) is 3.76. The highest BCUT2D eigenvalue weighted by molar-refractivity contribution is 7.89. The lowest BCUT2D eigenvalue weighted by Gasteiger charge is -2.32. The lowest BCUT2D eigenvalue weighted by molar-refractivity contribution is -0.121. The number of sulfonamides is 1. The number of nitrogens with zero attached hydrogens (tertiary/aromatic N) is 5. The summed E-state index contributed by atoms with van der Waals surface area (Å²) in [6.45, 7) is 0.509. The molecule has 2 aromatic heterocycles. The van der Waals surface area contributed by atoms with E-state index in [9.17, 15) is 13.2 Å². The summed E-state index contributed by atoms with van der Waals surface area (Å²) in [7, 11) is -2.19. The van der Waals surface area contributed by atoms with Gasteiger partial charge in [-0.3, -0.25) is 14.4 Å². The average molecular weight is 360 g/mol. The van der Waals surface area contributed by atoms with E-state index < -0.39 is 16.1 Å². The summed E-state index contributed by atoms with van der Waals surface area (Å²) in [5.74, 6) is 0.300. The molecule has 0 saturated carbocycles. The molecule has 0 spiro atoms. The van der Waals surface area contributed by atoms with Crippen LogP contribution < -0.4 is 9.62 Å². The summed E-state index contributed by atoms with van der Waals surface area (Å²) in [5.41, 5.74) is 0.120. The number of carbonyl (C=O) groups is 1. The van der Waals surface area contributed by atoms with Crippen LogP contribution in [-0.2, 0) is 21.9 Å². The maximum Gasteiger partial charge on any atom is 0.246 e. The van der Waals surface area contributed by atoms with Crippen LogP contribution in [0.5, 0.6) is 0 Å². The minimum atomic E-state index is -3.91. The van der Waals surface area contributed by atoms with Crippen molar-refractivity contribution in [1.82, 2.24) is 19.5 Å². The third-order valence-electron chi connectivity index (χ3n) is 3.97. The van der Waals surface area contributed by atoms with Gasteiger partial charge in [0.1, 0.15) is 28.5 Å². The number of piperidine rings is 1. The molecular weight excluding hydrogens is 344 g/mol. The Hall–Kier alpha value is -2.77. The van der Waals surface area contributed by atoms with Crippen molar-refractivity contribution in [3.63, 3.8) is 0 Å². The molecule has 2 aromatic rings. The number of anilines is 1. The van der Waals surface area contributed by atoms with Gasteiger partial charge in [-0.05, 0) is 25.0 Å². The Balaban J connectivity index is 1.80. The van der Waals surface area contributed by atoms with Gasteiger partial charge in [-0.15, -0.1) is 0 Å². The fourth-order valence-electron chi connectivity index (χ4n) is 2.70. The molecule has 0 aromatic carbocycles. The van der Waals surface area contributed by atoms with E-state index in [0.29, 0.717) is 25.2 Å². The van der Waals surface area contributed by atoms with Crippen molar-refractivity contribution in [1.29, 1.82) is 5.26 Å². The number of amides is 1. The third kappa shape index (κ3) is 3.38. The number of pyridine rings is 1. The number of carbonyl (C=O) groups excluding carboxylic acids is 1. The maximum atomic E-state index is 12.7. The number of rotatable bonds is 4. The first kappa shape index (κ1) is 17.1. The van der Waals surface area contributed by atoms with E-state index in [1.54, 1.807) is 24.0 Å². The summed E-state index contributed by atoms with van der Waals surface area (Å²) >= 11 is 0. The maximum absolute atomic E-state index is 12.7. The smallest absolute Gasteiger partial charge is 0.246 e. The second-order valence-corrected chi connectivity index (χ2v) is 7.32. The Morgan fingerprint density at radius 3 is 2.76 bits per heavy atom. The van der Waals surface area contributed by atoms with Gasteiger partial charge in [0.2, 0.25) is 15.9 Å². The topological polar surface area (TPSA) is 121 Å². The Morgan fingerprint density at radius 2 is 2.16 bits per heavy atom. The molecule has 1 fully saturated rings. The van der Waals surface area contributed by atoms with Crippen LogP contribution in [0.25, 0.3) is 0 Å². The third-order valence-corrected chi connectivity index (χ3v) is 5.43. The Kier molecular flexibility index (Phi) is 4.52. The molecular formula is C15H16N6O3S. The molecule has 0 bridgehead atoms. The normalized spacial score (nSPS) is 18.2. The lowest BCUT2D eigenvalue weighted by Crippen LogP contribution is -2.52. The molecule has 1 atom stereocenters. The van der Waals surface area contributed by atoms with Gasteiger partial charge in [0.25, 0.3) is 0 Å². The van der Waals surface area contributed by atoms with E-state index in [1.165, 1.54) is 17.0 Å². The molecule has 0 aliphatic carbocycles. The molecule has 1 aliphatic heterocycles. The summed E-state index contributed by atoms with van der Waals surface area (Å²) in [6, 6.07) is 5.29. The van der Waals surface area contributed by atoms with Crippen molar-refractivity contribution >= 4 is 21.7 Å². The Labute approximate surface area is 144 Å². The average Bonchev–Trinajstić information content (AvgIpc) is 3.02. The summed E-state index contributed by atoms with van der Waals surface area (Å²) in [5, 5.41) is 12.8. The van der Waals surface area contributed by atoms with E-state index in [4.69, 9.17) is 5.26 Å². The first-order valence-corrected chi connectivity index (χ1v) is 9.08. The SMILES string of the molecule is Cn1nccc1N1CCC[C@@H](NS(=O)(=O)c2ccc(C#N)nc2)C1=O. The van der Waals surface area contributed by atoms with Crippen LogP contribution in [-0.4, -0.2) is 41.7 Å². The molecule has 130 valence electrons. The van der Waals surface area contributed by atoms with E-state index in [0.717, 1.165) is 6.20 Å². The standard InChI is InChI=1S/C15H16N6O3S/c1-20-14(6-7-18-20)21-8-2-3-13(15(21)22)19-25(23,24)12-5-4-11(9-16)17-10-12/h4-7,10,13,19H,2-3,8H2,1H3/t13-/m1/s1. The molecule has 3 rings (SSSR count). The predicted molar refractivity (Wildman–Crippen MR) is 87.9 cm³/mol. The fraction of sp³-hybridized carbons (Fsp3) is 0.333. The van der Waals surface area contributed by atoms with Gasteiger partial charge in [0, 0.05) is 25.9 Å². The number of hydrogen-bond donors (Lipinski definition) is 1. The molecule has 0 radical (unpaired) electrons. The zero-order valence-corrected chi connectivity index (χ0v) is 14.3. The quantitative estimate of drug-likeness (QED) is 0.829. The number of nitriles is 1. The molecule has 0 unspecified atom stereocenters. The second kappa shape index (κ2) is 6.62. The largest absolute Gasteiger partial charge is 0.296 e. The van der Waals surface area contributed by atoms with E-state index in [2.05, 4.69) is 14.8 Å². The van der Waals surface area contributed by atoms with Gasteiger partial charge >= 0.3 is 0 Å². The minimum absolute atomic E-state index is 0.0862. The number of nitrogens with one attached hydrogen (secondary N) is 1. The van der Waals surface area contributed by atoms with Crippen molar-refractivity contribution < 1.29 is 13.2 Å². The highest BCUT2D eigenvalue weighted by atomic mass is 32.2. The van der Waals surface area contributed by atoms with Gasteiger partial charge in [0.05, 0.1) is 6.20 Å². The molecule has 9 nitrogen and oxygen atoms in total. The number of hydrogen-bond acceptors (Lipinski definition) is 6. The van der Waals surface area contributed by atoms with Crippen molar-refractivity contribution in [2.75, 3.05) is 11.4 Å².